The topological polar surface area (TPSA) is 78.9 Å². The Morgan fingerprint density at radius 3 is 0.710 bits per heavy atom. The molecule has 0 spiro atoms. The van der Waals surface area contributed by atoms with Crippen LogP contribution >= 0.6 is 0 Å². The fourth-order valence-electron chi connectivity index (χ4n) is 9.76. The van der Waals surface area contributed by atoms with E-state index in [1.54, 1.807) is 0 Å². The zero-order valence-corrected chi connectivity index (χ0v) is 47.5. The minimum atomic E-state index is -0.763. The highest BCUT2D eigenvalue weighted by Gasteiger charge is 2.19. The summed E-state index contributed by atoms with van der Waals surface area (Å²) in [5, 5.41) is 0. The quantitative estimate of drug-likeness (QED) is 0.0343. The summed E-state index contributed by atoms with van der Waals surface area (Å²) in [4.78, 5) is 38.2. The number of unbranched alkanes of at least 4 members (excludes halogenated alkanes) is 42. The largest absolute Gasteiger partial charge is 0.462 e. The summed E-state index contributed by atoms with van der Waals surface area (Å²) in [7, 11) is 0. The molecule has 69 heavy (non-hydrogen) atoms. The van der Waals surface area contributed by atoms with Crippen LogP contribution in [0.2, 0.25) is 0 Å². The van der Waals surface area contributed by atoms with Crippen molar-refractivity contribution in [2.24, 2.45) is 11.8 Å². The van der Waals surface area contributed by atoms with Crippen LogP contribution in [0.1, 0.15) is 356 Å². The zero-order chi connectivity index (χ0) is 50.4. The Kier molecular flexibility index (Phi) is 54.4. The Morgan fingerprint density at radius 1 is 0.275 bits per heavy atom. The van der Waals surface area contributed by atoms with Crippen molar-refractivity contribution < 1.29 is 28.6 Å². The van der Waals surface area contributed by atoms with E-state index < -0.39 is 6.10 Å². The van der Waals surface area contributed by atoms with Gasteiger partial charge in [0.2, 0.25) is 0 Å². The molecule has 0 aliphatic rings. The molecular formula is C63H122O6. The van der Waals surface area contributed by atoms with Crippen molar-refractivity contribution in [3.05, 3.63) is 0 Å². The van der Waals surface area contributed by atoms with Crippen LogP contribution in [0, 0.1) is 11.8 Å². The number of hydrogen-bond donors (Lipinski definition) is 0. The Balaban J connectivity index is 4.22. The maximum absolute atomic E-state index is 12.8. The van der Waals surface area contributed by atoms with Gasteiger partial charge in [-0.05, 0) is 31.1 Å². The summed E-state index contributed by atoms with van der Waals surface area (Å²) < 4.78 is 16.9. The normalized spacial score (nSPS) is 12.0. The van der Waals surface area contributed by atoms with E-state index in [0.29, 0.717) is 19.3 Å². The summed E-state index contributed by atoms with van der Waals surface area (Å²) in [6.45, 7) is 11.4. The van der Waals surface area contributed by atoms with Crippen LogP contribution in [-0.4, -0.2) is 37.2 Å². The highest BCUT2D eigenvalue weighted by molar-refractivity contribution is 5.71. The maximum Gasteiger partial charge on any atom is 0.306 e. The molecule has 1 atom stereocenters. The molecule has 0 saturated heterocycles. The predicted octanol–water partition coefficient (Wildman–Crippen LogP) is 20.8. The average Bonchev–Trinajstić information content (AvgIpc) is 3.32. The van der Waals surface area contributed by atoms with Crippen molar-refractivity contribution in [2.75, 3.05) is 13.2 Å². The van der Waals surface area contributed by atoms with E-state index in [9.17, 15) is 14.4 Å². The van der Waals surface area contributed by atoms with Crippen molar-refractivity contribution in [2.45, 2.75) is 362 Å². The summed E-state index contributed by atoms with van der Waals surface area (Å²) in [5.74, 6) is 0.829. The molecule has 0 aliphatic heterocycles. The first-order chi connectivity index (χ1) is 33.7. The molecule has 0 bridgehead atoms. The van der Waals surface area contributed by atoms with Crippen molar-refractivity contribution in [1.29, 1.82) is 0 Å². The van der Waals surface area contributed by atoms with Crippen LogP contribution in [0.15, 0.2) is 0 Å². The van der Waals surface area contributed by atoms with Gasteiger partial charge in [0.15, 0.2) is 6.10 Å². The molecule has 0 unspecified atom stereocenters. The molecule has 6 nitrogen and oxygen atoms in total. The molecule has 0 aromatic carbocycles. The molecule has 0 heterocycles. The van der Waals surface area contributed by atoms with Crippen LogP contribution < -0.4 is 0 Å². The molecule has 0 aliphatic carbocycles. The van der Waals surface area contributed by atoms with E-state index in [4.69, 9.17) is 14.2 Å². The van der Waals surface area contributed by atoms with Gasteiger partial charge in [0, 0.05) is 19.3 Å². The van der Waals surface area contributed by atoms with E-state index in [2.05, 4.69) is 34.6 Å². The van der Waals surface area contributed by atoms with E-state index in [-0.39, 0.29) is 31.1 Å². The molecule has 0 N–H and O–H groups in total. The first-order valence-electron chi connectivity index (χ1n) is 31.2. The predicted molar refractivity (Wildman–Crippen MR) is 298 cm³/mol. The lowest BCUT2D eigenvalue weighted by Crippen LogP contribution is -2.30. The van der Waals surface area contributed by atoms with E-state index in [1.807, 2.05) is 0 Å². The van der Waals surface area contributed by atoms with Gasteiger partial charge in [0.25, 0.3) is 0 Å². The molecule has 6 heteroatoms. The number of ether oxygens (including phenoxy) is 3. The monoisotopic (exact) mass is 975 g/mol. The second-order valence-electron chi connectivity index (χ2n) is 22.6. The van der Waals surface area contributed by atoms with Gasteiger partial charge in [-0.2, -0.15) is 0 Å². The zero-order valence-electron chi connectivity index (χ0n) is 47.5. The Morgan fingerprint density at radius 2 is 0.478 bits per heavy atom. The van der Waals surface area contributed by atoms with Gasteiger partial charge in [-0.15, -0.1) is 0 Å². The van der Waals surface area contributed by atoms with Crippen molar-refractivity contribution >= 4 is 17.9 Å². The number of carbonyl (C=O) groups is 3. The van der Waals surface area contributed by atoms with E-state index >= 15 is 0 Å². The van der Waals surface area contributed by atoms with Gasteiger partial charge in [0.05, 0.1) is 0 Å². The molecule has 0 aromatic rings. The third-order valence-electron chi connectivity index (χ3n) is 14.5. The van der Waals surface area contributed by atoms with Crippen molar-refractivity contribution in [3.63, 3.8) is 0 Å². The molecular weight excluding hydrogens is 853 g/mol. The first kappa shape index (κ1) is 67.4. The van der Waals surface area contributed by atoms with Crippen LogP contribution in [-0.2, 0) is 28.6 Å². The van der Waals surface area contributed by atoms with Crippen LogP contribution in [0.4, 0.5) is 0 Å². The first-order valence-corrected chi connectivity index (χ1v) is 31.2. The van der Waals surface area contributed by atoms with E-state index in [1.165, 1.54) is 244 Å². The fourth-order valence-corrected chi connectivity index (χ4v) is 9.76. The van der Waals surface area contributed by atoms with Crippen molar-refractivity contribution in [1.82, 2.24) is 0 Å². The SMILES string of the molecule is CCCCCCCCCCCCCCCCCCCCC(=O)OC[C@@H](COC(=O)CCCCCCCCCCCCCCCCCCCCC(C)C)OC(=O)CCCCCCCCCCCC(C)C. The molecule has 0 amide bonds. The average molecular weight is 976 g/mol. The second kappa shape index (κ2) is 55.7. The minimum absolute atomic E-state index is 0.0626. The van der Waals surface area contributed by atoms with Gasteiger partial charge >= 0.3 is 17.9 Å². The summed E-state index contributed by atoms with van der Waals surface area (Å²) in [5.41, 5.74) is 0. The van der Waals surface area contributed by atoms with Crippen LogP contribution in [0.25, 0.3) is 0 Å². The van der Waals surface area contributed by atoms with Crippen LogP contribution in [0.3, 0.4) is 0 Å². The summed E-state index contributed by atoms with van der Waals surface area (Å²) in [6, 6.07) is 0. The molecule has 0 aromatic heterocycles. The van der Waals surface area contributed by atoms with Gasteiger partial charge in [-0.25, -0.2) is 0 Å². The third-order valence-corrected chi connectivity index (χ3v) is 14.5. The molecule has 0 rings (SSSR count). The van der Waals surface area contributed by atoms with Gasteiger partial charge in [0.1, 0.15) is 13.2 Å². The Labute approximate surface area is 431 Å². The Hall–Kier alpha value is -1.59. The third kappa shape index (κ3) is 57.2. The number of esters is 3. The number of rotatable bonds is 57. The molecule has 410 valence electrons. The lowest BCUT2D eigenvalue weighted by atomic mass is 10.0. The standard InChI is InChI=1S/C63H122O6/c1-6-7-8-9-10-11-12-13-14-15-19-22-25-28-33-38-43-48-53-61(64)67-56-60(69-63(66)55-50-45-40-35-30-32-37-42-47-52-59(4)5)57-68-62(65)54-49-44-39-34-29-26-23-20-17-16-18-21-24-27-31-36-41-46-51-58(2)3/h58-60H,6-57H2,1-5H3/t60-/m0/s1. The van der Waals surface area contributed by atoms with Gasteiger partial charge in [-0.1, -0.05) is 317 Å². The second-order valence-corrected chi connectivity index (χ2v) is 22.6. The lowest BCUT2D eigenvalue weighted by Gasteiger charge is -2.18. The molecule has 0 fully saturated rings. The minimum Gasteiger partial charge on any atom is -0.462 e. The highest BCUT2D eigenvalue weighted by atomic mass is 16.6. The smallest absolute Gasteiger partial charge is 0.306 e. The number of hydrogen-bond acceptors (Lipinski definition) is 6. The Bertz CT molecular complexity index is 1060. The summed E-state index contributed by atoms with van der Waals surface area (Å²) in [6.07, 6.45) is 61.1. The maximum atomic E-state index is 12.8. The van der Waals surface area contributed by atoms with Gasteiger partial charge in [-0.3, -0.25) is 14.4 Å². The van der Waals surface area contributed by atoms with Crippen molar-refractivity contribution in [3.8, 4) is 0 Å². The fraction of sp³-hybridized carbons (Fsp3) is 0.952. The lowest BCUT2D eigenvalue weighted by molar-refractivity contribution is -0.167. The molecule has 0 radical (unpaired) electrons. The highest BCUT2D eigenvalue weighted by Crippen LogP contribution is 2.19. The van der Waals surface area contributed by atoms with Gasteiger partial charge < -0.3 is 14.2 Å². The molecule has 0 saturated carbocycles. The number of carbonyl (C=O) groups excluding carboxylic acids is 3. The summed E-state index contributed by atoms with van der Waals surface area (Å²) >= 11 is 0. The van der Waals surface area contributed by atoms with Crippen LogP contribution in [0.5, 0.6) is 0 Å². The van der Waals surface area contributed by atoms with E-state index in [0.717, 1.165) is 69.6 Å².